The zero-order valence-electron chi connectivity index (χ0n) is 12.7. The molecular weight excluding hydrogens is 306 g/mol. The van der Waals surface area contributed by atoms with Crippen molar-refractivity contribution in [3.05, 3.63) is 36.9 Å². The van der Waals surface area contributed by atoms with Gasteiger partial charge in [0, 0.05) is 31.0 Å². The van der Waals surface area contributed by atoms with Gasteiger partial charge in [-0.05, 0) is 19.1 Å². The second-order valence-corrected chi connectivity index (χ2v) is 6.51. The summed E-state index contributed by atoms with van der Waals surface area (Å²) >= 11 is 0. The predicted molar refractivity (Wildman–Crippen MR) is 81.6 cm³/mol. The number of ether oxygens (including phenoxy) is 2. The van der Waals surface area contributed by atoms with E-state index in [0.717, 1.165) is 0 Å². The van der Waals surface area contributed by atoms with Crippen LogP contribution in [-0.4, -0.2) is 38.2 Å². The van der Waals surface area contributed by atoms with Gasteiger partial charge in [-0.25, -0.2) is 18.1 Å². The number of hydrogen-bond acceptors (Lipinski definition) is 5. The molecule has 1 N–H and O–H groups in total. The summed E-state index contributed by atoms with van der Waals surface area (Å²) in [4.78, 5) is 4.05. The average Bonchev–Trinajstić information content (AvgIpc) is 2.98. The van der Waals surface area contributed by atoms with Crippen LogP contribution >= 0.6 is 0 Å². The van der Waals surface area contributed by atoms with Gasteiger partial charge in [-0.3, -0.25) is 0 Å². The number of hydrogen-bond donors (Lipinski definition) is 1. The predicted octanol–water partition coefficient (Wildman–Crippen LogP) is 1.27. The molecule has 0 fully saturated rings. The molecule has 7 nitrogen and oxygen atoms in total. The number of benzene rings is 1. The fourth-order valence-electron chi connectivity index (χ4n) is 2.06. The Hall–Kier alpha value is -2.06. The number of methoxy groups -OCH3 is 2. The minimum Gasteiger partial charge on any atom is -0.493 e. The van der Waals surface area contributed by atoms with Crippen LogP contribution < -0.4 is 14.2 Å². The SMILES string of the molecule is COc1ccc(S(=O)(=O)N[C@@H](C)Cn2ccnc2)cc1OC. The van der Waals surface area contributed by atoms with Crippen LogP contribution in [0.15, 0.2) is 41.8 Å². The first-order valence-corrected chi connectivity index (χ1v) is 8.14. The summed E-state index contributed by atoms with van der Waals surface area (Å²) < 4.78 is 39.5. The third-order valence-electron chi connectivity index (χ3n) is 3.07. The smallest absolute Gasteiger partial charge is 0.241 e. The molecule has 8 heteroatoms. The Labute approximate surface area is 129 Å². The third kappa shape index (κ3) is 3.77. The van der Waals surface area contributed by atoms with Gasteiger partial charge in [0.15, 0.2) is 11.5 Å². The Morgan fingerprint density at radius 3 is 2.59 bits per heavy atom. The molecular formula is C14H19N3O4S. The number of sulfonamides is 1. The van der Waals surface area contributed by atoms with Crippen molar-refractivity contribution in [2.24, 2.45) is 0 Å². The lowest BCUT2D eigenvalue weighted by Crippen LogP contribution is -2.35. The van der Waals surface area contributed by atoms with E-state index in [1.165, 1.54) is 26.4 Å². The number of rotatable bonds is 7. The monoisotopic (exact) mass is 325 g/mol. The van der Waals surface area contributed by atoms with Crippen molar-refractivity contribution in [3.8, 4) is 11.5 Å². The molecule has 0 aliphatic carbocycles. The lowest BCUT2D eigenvalue weighted by atomic mass is 10.3. The highest BCUT2D eigenvalue weighted by Crippen LogP contribution is 2.29. The Morgan fingerprint density at radius 2 is 2.00 bits per heavy atom. The summed E-state index contributed by atoms with van der Waals surface area (Å²) in [6.45, 7) is 2.28. The summed E-state index contributed by atoms with van der Waals surface area (Å²) in [6.07, 6.45) is 5.07. The molecule has 0 aliphatic rings. The van der Waals surface area contributed by atoms with Gasteiger partial charge < -0.3 is 14.0 Å². The quantitative estimate of drug-likeness (QED) is 0.829. The molecule has 120 valence electrons. The zero-order chi connectivity index (χ0) is 16.2. The molecule has 0 amide bonds. The van der Waals surface area contributed by atoms with Crippen LogP contribution in [0.25, 0.3) is 0 Å². The van der Waals surface area contributed by atoms with Crippen molar-refractivity contribution >= 4 is 10.0 Å². The molecule has 0 unspecified atom stereocenters. The Bertz CT molecular complexity index is 714. The zero-order valence-corrected chi connectivity index (χ0v) is 13.5. The van der Waals surface area contributed by atoms with E-state index in [9.17, 15) is 8.42 Å². The van der Waals surface area contributed by atoms with Crippen LogP contribution in [-0.2, 0) is 16.6 Å². The van der Waals surface area contributed by atoms with Crippen molar-refractivity contribution < 1.29 is 17.9 Å². The van der Waals surface area contributed by atoms with Crippen LogP contribution in [0.1, 0.15) is 6.92 Å². The highest BCUT2D eigenvalue weighted by atomic mass is 32.2. The van der Waals surface area contributed by atoms with Crippen molar-refractivity contribution in [3.63, 3.8) is 0 Å². The molecule has 0 aliphatic heterocycles. The summed E-state index contributed by atoms with van der Waals surface area (Å²) in [5.41, 5.74) is 0. The number of nitrogens with one attached hydrogen (secondary N) is 1. The van der Waals surface area contributed by atoms with Gasteiger partial charge in [0.05, 0.1) is 25.4 Å². The molecule has 2 rings (SSSR count). The van der Waals surface area contributed by atoms with Gasteiger partial charge in [-0.1, -0.05) is 0 Å². The second-order valence-electron chi connectivity index (χ2n) is 4.80. The van der Waals surface area contributed by atoms with Crippen molar-refractivity contribution in [1.82, 2.24) is 14.3 Å². The van der Waals surface area contributed by atoms with Gasteiger partial charge in [0.1, 0.15) is 0 Å². The summed E-state index contributed by atoms with van der Waals surface area (Å²) in [5, 5.41) is 0. The molecule has 0 bridgehead atoms. The summed E-state index contributed by atoms with van der Waals surface area (Å²) in [6, 6.07) is 4.19. The normalized spacial score (nSPS) is 12.9. The number of aromatic nitrogens is 2. The lowest BCUT2D eigenvalue weighted by Gasteiger charge is -2.16. The summed E-state index contributed by atoms with van der Waals surface area (Å²) in [5.74, 6) is 0.848. The van der Waals surface area contributed by atoms with Crippen molar-refractivity contribution in [2.45, 2.75) is 24.4 Å². The Kier molecular flexibility index (Phi) is 5.04. The molecule has 1 aromatic carbocycles. The Morgan fingerprint density at radius 1 is 1.27 bits per heavy atom. The average molecular weight is 325 g/mol. The number of imidazole rings is 1. The molecule has 0 radical (unpaired) electrons. The number of nitrogens with zero attached hydrogens (tertiary/aromatic N) is 2. The van der Waals surface area contributed by atoms with E-state index in [1.807, 2.05) is 4.57 Å². The molecule has 1 aromatic heterocycles. The lowest BCUT2D eigenvalue weighted by molar-refractivity contribution is 0.354. The molecule has 0 spiro atoms. The first kappa shape index (κ1) is 16.3. The van der Waals surface area contributed by atoms with E-state index in [-0.39, 0.29) is 10.9 Å². The molecule has 1 heterocycles. The van der Waals surface area contributed by atoms with E-state index in [0.29, 0.717) is 18.0 Å². The molecule has 0 saturated heterocycles. The molecule has 1 atom stereocenters. The van der Waals surface area contributed by atoms with E-state index in [2.05, 4.69) is 9.71 Å². The van der Waals surface area contributed by atoms with Crippen LogP contribution in [0.4, 0.5) is 0 Å². The van der Waals surface area contributed by atoms with Crippen LogP contribution in [0.2, 0.25) is 0 Å². The maximum Gasteiger partial charge on any atom is 0.241 e. The van der Waals surface area contributed by atoms with E-state index in [1.54, 1.807) is 31.7 Å². The molecule has 22 heavy (non-hydrogen) atoms. The maximum absolute atomic E-state index is 12.4. The first-order valence-electron chi connectivity index (χ1n) is 6.66. The molecule has 0 saturated carbocycles. The van der Waals surface area contributed by atoms with Crippen LogP contribution in [0, 0.1) is 0 Å². The largest absolute Gasteiger partial charge is 0.493 e. The van der Waals surface area contributed by atoms with Gasteiger partial charge >= 0.3 is 0 Å². The first-order chi connectivity index (χ1) is 10.5. The topological polar surface area (TPSA) is 82.5 Å². The van der Waals surface area contributed by atoms with E-state index >= 15 is 0 Å². The second kappa shape index (κ2) is 6.80. The van der Waals surface area contributed by atoms with Crippen molar-refractivity contribution in [1.29, 1.82) is 0 Å². The van der Waals surface area contributed by atoms with Crippen LogP contribution in [0.5, 0.6) is 11.5 Å². The van der Waals surface area contributed by atoms with Crippen molar-refractivity contribution in [2.75, 3.05) is 14.2 Å². The fourth-order valence-corrected chi connectivity index (χ4v) is 3.31. The highest BCUT2D eigenvalue weighted by molar-refractivity contribution is 7.89. The van der Waals surface area contributed by atoms with Gasteiger partial charge in [0.25, 0.3) is 0 Å². The van der Waals surface area contributed by atoms with Gasteiger partial charge in [0.2, 0.25) is 10.0 Å². The minimum absolute atomic E-state index is 0.127. The third-order valence-corrected chi connectivity index (χ3v) is 4.65. The standard InChI is InChI=1S/C14H19N3O4S/c1-11(9-17-7-6-15-10-17)16-22(18,19)12-4-5-13(20-2)14(8-12)21-3/h4-8,10-11,16H,9H2,1-3H3/t11-/m0/s1. The van der Waals surface area contributed by atoms with Gasteiger partial charge in [-0.2, -0.15) is 0 Å². The maximum atomic E-state index is 12.4. The Balaban J connectivity index is 2.15. The van der Waals surface area contributed by atoms with Gasteiger partial charge in [-0.15, -0.1) is 0 Å². The fraction of sp³-hybridized carbons (Fsp3) is 0.357. The highest BCUT2D eigenvalue weighted by Gasteiger charge is 2.19. The van der Waals surface area contributed by atoms with E-state index < -0.39 is 10.0 Å². The van der Waals surface area contributed by atoms with Crippen LogP contribution in [0.3, 0.4) is 0 Å². The summed E-state index contributed by atoms with van der Waals surface area (Å²) in [7, 11) is -0.680. The molecule has 2 aromatic rings. The minimum atomic E-state index is -3.64. The van der Waals surface area contributed by atoms with E-state index in [4.69, 9.17) is 9.47 Å².